The summed E-state index contributed by atoms with van der Waals surface area (Å²) in [7, 11) is 0. The molecule has 8 aromatic rings. The number of fused-ring (bicyclic) bond motifs is 12. The lowest BCUT2D eigenvalue weighted by Crippen LogP contribution is -2.32. The van der Waals surface area contributed by atoms with Crippen LogP contribution in [-0.4, -0.2) is 97.2 Å². The highest BCUT2D eigenvalue weighted by atomic mass is 35.5. The zero-order valence-electron chi connectivity index (χ0n) is 59.6. The Morgan fingerprint density at radius 3 is 0.844 bits per heavy atom. The van der Waals surface area contributed by atoms with Crippen LogP contribution in [0.3, 0.4) is 0 Å². The summed E-state index contributed by atoms with van der Waals surface area (Å²) in [5, 5.41) is 10.4. The predicted molar refractivity (Wildman–Crippen MR) is 362 cm³/mol. The number of anilines is 4. The van der Waals surface area contributed by atoms with Gasteiger partial charge in [-0.2, -0.15) is 0 Å². The van der Waals surface area contributed by atoms with Crippen molar-refractivity contribution in [3.63, 3.8) is 0 Å². The normalized spacial score (nSPS) is 19.6. The van der Waals surface area contributed by atoms with Crippen molar-refractivity contribution in [3.8, 4) is 23.0 Å². The summed E-state index contributed by atoms with van der Waals surface area (Å²) >= 11 is 30.8. The van der Waals surface area contributed by atoms with Crippen LogP contribution in [0.15, 0.2) is 45.8 Å². The fourth-order valence-corrected chi connectivity index (χ4v) is 17.5. The molecule has 472 valence electrons. The van der Waals surface area contributed by atoms with Crippen molar-refractivity contribution in [1.29, 1.82) is 0 Å². The van der Waals surface area contributed by atoms with Crippen molar-refractivity contribution in [2.24, 2.45) is 0 Å². The molecule has 0 spiro atoms. The van der Waals surface area contributed by atoms with E-state index in [0.717, 1.165) is 54.0 Å². The van der Waals surface area contributed by atoms with Crippen LogP contribution in [0.5, 0.6) is 23.0 Å². The Morgan fingerprint density at radius 2 is 0.633 bits per heavy atom. The summed E-state index contributed by atoms with van der Waals surface area (Å²) in [6, 6.07) is 5.87. The first kappa shape index (κ1) is 53.2. The third-order valence-electron chi connectivity index (χ3n) is 16.0. The molecule has 12 rings (SSSR count). The van der Waals surface area contributed by atoms with Crippen LogP contribution in [0.4, 0.5) is 22.7 Å². The zero-order valence-corrected chi connectivity index (χ0v) is 55.9. The van der Waals surface area contributed by atoms with Crippen LogP contribution in [0.1, 0.15) is 148 Å². The van der Waals surface area contributed by atoms with E-state index in [-0.39, 0.29) is 95.9 Å². The molecule has 0 unspecified atom stereocenters. The fraction of sp³-hybridized carbons (Fsp3) is 0.394. The quantitative estimate of drug-likeness (QED) is 0.0507. The molecule has 0 N–H and O–H groups in total. The van der Waals surface area contributed by atoms with Crippen LogP contribution < -0.4 is 38.5 Å². The number of aryl methyl sites for hydroxylation is 4. The molecule has 4 amide bonds. The van der Waals surface area contributed by atoms with E-state index in [1.165, 1.54) is 107 Å². The van der Waals surface area contributed by atoms with E-state index < -0.39 is 97.6 Å². The lowest BCUT2D eigenvalue weighted by Gasteiger charge is -2.20. The first-order chi connectivity index (χ1) is 46.8. The molecular weight excluding hydrogens is 1310 g/mol. The first-order valence-electron chi connectivity index (χ1n) is 33.2. The van der Waals surface area contributed by atoms with Crippen LogP contribution >= 0.6 is 91.8 Å². The van der Waals surface area contributed by atoms with E-state index in [4.69, 9.17) is 79.1 Å². The highest BCUT2D eigenvalue weighted by Gasteiger charge is 2.41. The smallest absolute Gasteiger partial charge is 0.308 e. The molecule has 4 aromatic heterocycles. The maximum Gasteiger partial charge on any atom is 0.308 e. The average Bonchev–Trinajstić information content (AvgIpc) is 1.36. The number of amides is 4. The van der Waals surface area contributed by atoms with E-state index in [2.05, 4.69) is 0 Å². The van der Waals surface area contributed by atoms with E-state index in [1.54, 1.807) is 0 Å². The van der Waals surface area contributed by atoms with Gasteiger partial charge in [0.2, 0.25) is 23.6 Å². The number of carbonyl (C=O) groups is 8. The number of esters is 4. The minimum atomic E-state index is -3.74. The van der Waals surface area contributed by atoms with Gasteiger partial charge in [0.1, 0.15) is 0 Å². The van der Waals surface area contributed by atoms with Crippen LogP contribution in [0.2, 0.25) is 0 Å². The lowest BCUT2D eigenvalue weighted by atomic mass is 9.97. The second kappa shape index (κ2) is 26.7. The monoisotopic (exact) mass is 1380 g/mol. The Labute approximate surface area is 569 Å². The Hall–Kier alpha value is -6.36. The van der Waals surface area contributed by atoms with E-state index >= 15 is 0 Å². The molecule has 0 saturated heterocycles. The first-order valence-corrected chi connectivity index (χ1v) is 33.9. The van der Waals surface area contributed by atoms with Gasteiger partial charge in [-0.3, -0.25) is 38.4 Å². The number of hydrogen-bond donors (Lipinski definition) is 0. The summed E-state index contributed by atoms with van der Waals surface area (Å²) < 4.78 is 113. The van der Waals surface area contributed by atoms with Gasteiger partial charge in [0.05, 0.1) is 41.5 Å². The van der Waals surface area contributed by atoms with Crippen LogP contribution in [0, 0.1) is 27.7 Å². The third-order valence-corrected chi connectivity index (χ3v) is 22.0. The number of alkyl halides is 4. The molecule has 90 heavy (non-hydrogen) atoms. The van der Waals surface area contributed by atoms with Gasteiger partial charge < -0.3 is 38.5 Å². The maximum absolute atomic E-state index is 14.2. The standard InChI is InChI=1S/2C33H32Cl2N2O6S2/c2*1-16-14-44-32-24(42-18(3)38)8-22-30(28(16)32)20(10-34)12-36(22)26(40)6-5-7-27(41)37-13-21(11-35)31-23(37)9-25(43-19(4)39)33-29(31)17(2)15-45-33/h2*8-9,14-15,20-21H,5-7,10-13H2,1-4H3/t2*20-,21-/m11/s1/i5D2,6D2,7D2;6D2,7D2. The number of rotatable bonds is 16. The summed E-state index contributed by atoms with van der Waals surface area (Å²) in [6.45, 7) is 12.1. The molecule has 0 bridgehead atoms. The summed E-state index contributed by atoms with van der Waals surface area (Å²) in [4.78, 5) is 109. The Morgan fingerprint density at radius 1 is 0.411 bits per heavy atom. The average molecular weight is 1390 g/mol. The van der Waals surface area contributed by atoms with E-state index in [1.807, 2.05) is 49.2 Å². The zero-order chi connectivity index (χ0) is 73.3. The minimum Gasteiger partial charge on any atom is -0.425 e. The SMILES string of the molecule is [2H]C([2H])(C(=O)N1C[C@@H](CCl)c2c1cc(OC(C)=O)c1scc(C)c21)C([2H])([2H])C([2H])([2H])C(=O)N1C[C@@H](CCl)c2c1cc(OC(C)=O)c1scc(C)c21.[2H]C([2H])(CC([2H])([2H])C(=O)N1C[C@@H](CCl)c2c1cc(OC(C)=O)c1scc(C)c21)C(=O)N1C[C@@H](CCl)c2c1cc(OC(C)=O)c1scc(C)c21. The van der Waals surface area contributed by atoms with Crippen molar-refractivity contribution in [2.45, 2.75) is 117 Å². The van der Waals surface area contributed by atoms with Crippen LogP contribution in [0.25, 0.3) is 40.3 Å². The van der Waals surface area contributed by atoms with Gasteiger partial charge in [-0.1, -0.05) is 0 Å². The fourth-order valence-electron chi connectivity index (χ4n) is 12.5. The molecule has 8 heterocycles. The number of hydrogen-bond acceptors (Lipinski definition) is 16. The molecule has 24 heteroatoms. The van der Waals surface area contributed by atoms with E-state index in [0.29, 0.717) is 52.1 Å². The summed E-state index contributed by atoms with van der Waals surface area (Å²) in [6.07, 6.45) is -17.7. The van der Waals surface area contributed by atoms with Crippen molar-refractivity contribution >= 4 is 202 Å². The molecule has 0 fully saturated rings. The number of carbonyl (C=O) groups excluding carboxylic acids is 8. The predicted octanol–water partition coefficient (Wildman–Crippen LogP) is 15.6. The number of benzene rings is 4. The van der Waals surface area contributed by atoms with Gasteiger partial charge in [0.15, 0.2) is 23.0 Å². The summed E-state index contributed by atoms with van der Waals surface area (Å²) in [5.41, 5.74) is 6.95. The van der Waals surface area contributed by atoms with Gasteiger partial charge in [-0.15, -0.1) is 91.8 Å². The molecule has 16 nitrogen and oxygen atoms in total. The number of halogens is 4. The molecule has 4 atom stereocenters. The van der Waals surface area contributed by atoms with Crippen molar-refractivity contribution in [2.75, 3.05) is 69.3 Å². The van der Waals surface area contributed by atoms with Crippen molar-refractivity contribution < 1.29 is 71.0 Å². The topological polar surface area (TPSA) is 186 Å². The molecule has 4 aliphatic rings. The van der Waals surface area contributed by atoms with Gasteiger partial charge in [0, 0.05) is 186 Å². The Bertz CT molecular complexity index is 4520. The van der Waals surface area contributed by atoms with Gasteiger partial charge in [-0.25, -0.2) is 0 Å². The third kappa shape index (κ3) is 12.1. The number of nitrogens with zero attached hydrogens (tertiary/aromatic N) is 4. The minimum absolute atomic E-state index is 0.0194. The van der Waals surface area contributed by atoms with Crippen molar-refractivity contribution in [1.82, 2.24) is 0 Å². The van der Waals surface area contributed by atoms with Crippen molar-refractivity contribution in [3.05, 3.63) is 90.3 Å². The Kier molecular flexibility index (Phi) is 15.8. The van der Waals surface area contributed by atoms with E-state index in [9.17, 15) is 38.4 Å². The van der Waals surface area contributed by atoms with Crippen LogP contribution in [-0.2, 0) is 38.4 Å². The second-order valence-corrected chi connectivity index (χ2v) is 26.8. The molecule has 4 aromatic carbocycles. The molecule has 0 radical (unpaired) electrons. The molecule has 0 saturated carbocycles. The largest absolute Gasteiger partial charge is 0.425 e. The Balaban J connectivity index is 0.000000202. The van der Waals surface area contributed by atoms with Gasteiger partial charge in [0.25, 0.3) is 0 Å². The highest BCUT2D eigenvalue weighted by molar-refractivity contribution is 7.19. The highest BCUT2D eigenvalue weighted by Crippen LogP contribution is 2.54. The van der Waals surface area contributed by atoms with Gasteiger partial charge >= 0.3 is 23.9 Å². The number of thiophene rings is 4. The maximum atomic E-state index is 14.2. The van der Waals surface area contributed by atoms with Gasteiger partial charge in [-0.05, 0) is 107 Å². The lowest BCUT2D eigenvalue weighted by molar-refractivity contribution is -0.132. The second-order valence-electron chi connectivity index (χ2n) is 22.1. The molecule has 4 aliphatic heterocycles. The number of ether oxygens (including phenoxy) is 4. The molecule has 0 aliphatic carbocycles. The summed E-state index contributed by atoms with van der Waals surface area (Å²) in [5.74, 6) is -8.11. The molecular formula is C66H64Cl4N4O12S4.